The van der Waals surface area contributed by atoms with Gasteiger partial charge >= 0.3 is 0 Å². The predicted octanol–water partition coefficient (Wildman–Crippen LogP) is 2.01. The van der Waals surface area contributed by atoms with Crippen LogP contribution in [0.25, 0.3) is 0 Å². The summed E-state index contributed by atoms with van der Waals surface area (Å²) in [6.07, 6.45) is 6.60. The van der Waals surface area contributed by atoms with Crippen molar-refractivity contribution in [1.29, 1.82) is 0 Å². The molecule has 2 aliphatic heterocycles. The molecule has 0 radical (unpaired) electrons. The molecular formula is C9H15N. The average Bonchev–Trinajstić information content (AvgIpc) is 2.27. The fourth-order valence-corrected chi connectivity index (χ4v) is 2.04. The highest BCUT2D eigenvalue weighted by molar-refractivity contribution is 5.11. The zero-order valence-electron chi connectivity index (χ0n) is 6.64. The summed E-state index contributed by atoms with van der Waals surface area (Å²) in [7, 11) is 0. The average molecular weight is 137 g/mol. The van der Waals surface area contributed by atoms with E-state index in [0.29, 0.717) is 0 Å². The van der Waals surface area contributed by atoms with E-state index < -0.39 is 0 Å². The van der Waals surface area contributed by atoms with Crippen LogP contribution < -0.4 is 0 Å². The molecule has 0 N–H and O–H groups in total. The van der Waals surface area contributed by atoms with E-state index in [1.54, 1.807) is 5.70 Å². The van der Waals surface area contributed by atoms with Crippen LogP contribution in [0.15, 0.2) is 11.8 Å². The van der Waals surface area contributed by atoms with Crippen LogP contribution in [0.3, 0.4) is 0 Å². The maximum Gasteiger partial charge on any atom is 0.0235 e. The topological polar surface area (TPSA) is 3.24 Å². The molecule has 0 spiro atoms. The Labute approximate surface area is 62.7 Å². The molecule has 1 heteroatoms. The first kappa shape index (κ1) is 6.26. The second-order valence-electron chi connectivity index (χ2n) is 3.54. The highest BCUT2D eigenvalue weighted by Gasteiger charge is 2.21. The number of nitrogens with zero attached hydrogens (tertiary/aromatic N) is 1. The molecule has 0 amide bonds. The van der Waals surface area contributed by atoms with Gasteiger partial charge in [-0.1, -0.05) is 13.0 Å². The van der Waals surface area contributed by atoms with Crippen molar-refractivity contribution in [3.05, 3.63) is 11.8 Å². The van der Waals surface area contributed by atoms with Gasteiger partial charge in [-0.2, -0.15) is 0 Å². The molecule has 56 valence electrons. The summed E-state index contributed by atoms with van der Waals surface area (Å²) >= 11 is 0. The summed E-state index contributed by atoms with van der Waals surface area (Å²) in [6.45, 7) is 4.91. The van der Waals surface area contributed by atoms with Gasteiger partial charge in [-0.25, -0.2) is 0 Å². The number of hydrogen-bond acceptors (Lipinski definition) is 1. The van der Waals surface area contributed by atoms with Crippen LogP contribution in [0.4, 0.5) is 0 Å². The van der Waals surface area contributed by atoms with E-state index in [4.69, 9.17) is 0 Å². The molecule has 1 unspecified atom stereocenters. The minimum atomic E-state index is 0.813. The van der Waals surface area contributed by atoms with Crippen molar-refractivity contribution in [1.82, 2.24) is 4.90 Å². The van der Waals surface area contributed by atoms with Crippen molar-refractivity contribution in [2.75, 3.05) is 13.1 Å². The van der Waals surface area contributed by atoms with Crippen molar-refractivity contribution >= 4 is 0 Å². The largest absolute Gasteiger partial charge is 0.374 e. The highest BCUT2D eigenvalue weighted by Crippen LogP contribution is 2.27. The van der Waals surface area contributed by atoms with Gasteiger partial charge in [0.15, 0.2) is 0 Å². The quantitative estimate of drug-likeness (QED) is 0.493. The lowest BCUT2D eigenvalue weighted by molar-refractivity contribution is 0.301. The molecule has 10 heavy (non-hydrogen) atoms. The molecule has 1 atom stereocenters. The Morgan fingerprint density at radius 3 is 3.20 bits per heavy atom. The van der Waals surface area contributed by atoms with Crippen LogP contribution in [-0.4, -0.2) is 18.0 Å². The summed E-state index contributed by atoms with van der Waals surface area (Å²) in [5.74, 6) is 0.813. The van der Waals surface area contributed by atoms with Crippen LogP contribution >= 0.6 is 0 Å². The number of rotatable bonds is 0. The Morgan fingerprint density at radius 1 is 1.50 bits per heavy atom. The number of fused-ring (bicyclic) bond motifs is 1. The third kappa shape index (κ3) is 0.938. The second-order valence-corrected chi connectivity index (χ2v) is 3.54. The molecular weight excluding hydrogens is 122 g/mol. The van der Waals surface area contributed by atoms with Gasteiger partial charge in [0.1, 0.15) is 0 Å². The van der Waals surface area contributed by atoms with Crippen LogP contribution in [0, 0.1) is 5.92 Å². The highest BCUT2D eigenvalue weighted by atomic mass is 15.2. The summed E-state index contributed by atoms with van der Waals surface area (Å²) in [5, 5.41) is 0. The van der Waals surface area contributed by atoms with Crippen molar-refractivity contribution in [2.45, 2.75) is 26.2 Å². The molecule has 0 aromatic rings. The lowest BCUT2D eigenvalue weighted by Gasteiger charge is -2.27. The Hall–Kier alpha value is -0.460. The van der Waals surface area contributed by atoms with Crippen LogP contribution in [0.2, 0.25) is 0 Å². The first-order valence-electron chi connectivity index (χ1n) is 4.32. The van der Waals surface area contributed by atoms with Crippen molar-refractivity contribution in [3.8, 4) is 0 Å². The van der Waals surface area contributed by atoms with Crippen molar-refractivity contribution < 1.29 is 0 Å². The normalized spacial score (nSPS) is 31.9. The zero-order valence-corrected chi connectivity index (χ0v) is 6.64. The minimum Gasteiger partial charge on any atom is -0.374 e. The molecule has 2 rings (SSSR count). The Morgan fingerprint density at radius 2 is 2.40 bits per heavy atom. The van der Waals surface area contributed by atoms with E-state index >= 15 is 0 Å². The van der Waals surface area contributed by atoms with Crippen LogP contribution in [0.1, 0.15) is 26.2 Å². The zero-order chi connectivity index (χ0) is 6.97. The summed E-state index contributed by atoms with van der Waals surface area (Å²) < 4.78 is 0. The van der Waals surface area contributed by atoms with E-state index in [0.717, 1.165) is 5.92 Å². The predicted molar refractivity (Wildman–Crippen MR) is 42.7 cm³/mol. The van der Waals surface area contributed by atoms with Gasteiger partial charge in [0.2, 0.25) is 0 Å². The number of allylic oxidation sites excluding steroid dienone is 1. The van der Waals surface area contributed by atoms with E-state index in [-0.39, 0.29) is 0 Å². The summed E-state index contributed by atoms with van der Waals surface area (Å²) in [6, 6.07) is 0. The third-order valence-corrected chi connectivity index (χ3v) is 2.50. The molecule has 2 heterocycles. The first-order valence-corrected chi connectivity index (χ1v) is 4.32. The Kier molecular flexibility index (Phi) is 1.44. The second kappa shape index (κ2) is 2.30. The molecule has 0 saturated carbocycles. The van der Waals surface area contributed by atoms with E-state index in [2.05, 4.69) is 17.9 Å². The van der Waals surface area contributed by atoms with Crippen molar-refractivity contribution in [3.63, 3.8) is 0 Å². The lowest BCUT2D eigenvalue weighted by Crippen LogP contribution is -2.25. The first-order chi connectivity index (χ1) is 4.86. The molecule has 0 aromatic heterocycles. The van der Waals surface area contributed by atoms with Gasteiger partial charge in [-0.15, -0.1) is 0 Å². The molecule has 1 nitrogen and oxygen atoms in total. The van der Waals surface area contributed by atoms with E-state index in [9.17, 15) is 0 Å². The third-order valence-electron chi connectivity index (χ3n) is 2.50. The molecule has 2 aliphatic rings. The smallest absolute Gasteiger partial charge is 0.0235 e. The van der Waals surface area contributed by atoms with E-state index in [1.165, 1.54) is 32.4 Å². The van der Waals surface area contributed by atoms with Gasteiger partial charge in [-0.3, -0.25) is 0 Å². The molecule has 0 aliphatic carbocycles. The lowest BCUT2D eigenvalue weighted by atomic mass is 10.1. The van der Waals surface area contributed by atoms with Crippen LogP contribution in [0.5, 0.6) is 0 Å². The summed E-state index contributed by atoms with van der Waals surface area (Å²) in [4.78, 5) is 2.55. The van der Waals surface area contributed by atoms with Crippen molar-refractivity contribution in [2.24, 2.45) is 5.92 Å². The minimum absolute atomic E-state index is 0.813. The van der Waals surface area contributed by atoms with Gasteiger partial charge < -0.3 is 4.90 Å². The molecule has 1 saturated heterocycles. The molecule has 0 bridgehead atoms. The Bertz CT molecular complexity index is 160. The molecule has 0 aromatic carbocycles. The van der Waals surface area contributed by atoms with Gasteiger partial charge in [-0.05, 0) is 25.2 Å². The number of piperidine rings is 1. The fourth-order valence-electron chi connectivity index (χ4n) is 2.04. The summed E-state index contributed by atoms with van der Waals surface area (Å²) in [5.41, 5.74) is 1.62. The van der Waals surface area contributed by atoms with Gasteiger partial charge in [0.05, 0.1) is 0 Å². The van der Waals surface area contributed by atoms with Gasteiger partial charge in [0, 0.05) is 18.8 Å². The standard InChI is InChI=1S/C9H15N/c1-8-6-9-4-2-3-5-10(9)7-8/h6,8H,2-5,7H2,1H3. The Balaban J connectivity index is 2.10. The van der Waals surface area contributed by atoms with Crippen LogP contribution in [-0.2, 0) is 0 Å². The SMILES string of the molecule is CC1C=C2CCCCN2C1. The monoisotopic (exact) mass is 137 g/mol. The van der Waals surface area contributed by atoms with E-state index in [1.807, 2.05) is 0 Å². The maximum absolute atomic E-state index is 2.55. The number of hydrogen-bond donors (Lipinski definition) is 0. The molecule has 1 fully saturated rings. The fraction of sp³-hybridized carbons (Fsp3) is 0.778. The maximum atomic E-state index is 2.55. The van der Waals surface area contributed by atoms with Gasteiger partial charge in [0.25, 0.3) is 0 Å².